The lowest BCUT2D eigenvalue weighted by Crippen LogP contribution is -2.33. The van der Waals surface area contributed by atoms with Crippen molar-refractivity contribution in [1.82, 2.24) is 5.32 Å². The van der Waals surface area contributed by atoms with Gasteiger partial charge in [0.1, 0.15) is 17.2 Å². The van der Waals surface area contributed by atoms with Crippen LogP contribution in [0.25, 0.3) is 0 Å². The predicted molar refractivity (Wildman–Crippen MR) is 105 cm³/mol. The molecular weight excluding hydrogens is 377 g/mol. The molecule has 0 aromatic heterocycles. The fraction of sp³-hybridized carbons (Fsp3) is 0.318. The molecule has 0 aliphatic rings. The van der Waals surface area contributed by atoms with Crippen molar-refractivity contribution in [1.29, 1.82) is 0 Å². The molecule has 1 N–H and O–H groups in total. The molecule has 0 saturated heterocycles. The van der Waals surface area contributed by atoms with E-state index in [4.69, 9.17) is 9.47 Å². The summed E-state index contributed by atoms with van der Waals surface area (Å²) >= 11 is 0. The Morgan fingerprint density at radius 2 is 1.48 bits per heavy atom. The predicted octanol–water partition coefficient (Wildman–Crippen LogP) is 4.27. The second-order valence-electron chi connectivity index (χ2n) is 7.37. The minimum atomic E-state index is -0.576. The van der Waals surface area contributed by atoms with Crippen LogP contribution in [0.3, 0.4) is 0 Å². The Hall–Kier alpha value is -3.22. The lowest BCUT2D eigenvalue weighted by atomic mass is 10.0. The first-order valence-corrected chi connectivity index (χ1v) is 9.22. The summed E-state index contributed by atoms with van der Waals surface area (Å²) in [6.45, 7) is 5.59. The summed E-state index contributed by atoms with van der Waals surface area (Å²) in [5.41, 5.74) is 0.194. The number of ether oxygens (including phenoxy) is 2. The number of rotatable bonds is 7. The minimum Gasteiger partial charge on any atom is -0.444 e. The second kappa shape index (κ2) is 9.82. The Balaban J connectivity index is 1.77. The lowest BCUT2D eigenvalue weighted by Gasteiger charge is -2.19. The molecule has 0 radical (unpaired) electrons. The van der Waals surface area contributed by atoms with E-state index in [-0.39, 0.29) is 18.7 Å². The zero-order valence-electron chi connectivity index (χ0n) is 16.7. The molecule has 0 spiro atoms. The van der Waals surface area contributed by atoms with Crippen molar-refractivity contribution in [2.45, 2.75) is 39.2 Å². The van der Waals surface area contributed by atoms with Crippen LogP contribution in [-0.2, 0) is 9.53 Å². The van der Waals surface area contributed by atoms with E-state index in [0.717, 1.165) is 0 Å². The van der Waals surface area contributed by atoms with Gasteiger partial charge in [0, 0.05) is 24.1 Å². The molecule has 1 amide bonds. The van der Waals surface area contributed by atoms with Crippen LogP contribution in [0.4, 0.5) is 9.18 Å². The number of carbonyl (C=O) groups excluding carboxylic acids is 3. The van der Waals surface area contributed by atoms with E-state index in [1.54, 1.807) is 32.9 Å². The number of hydrogen-bond acceptors (Lipinski definition) is 5. The van der Waals surface area contributed by atoms with Gasteiger partial charge < -0.3 is 14.8 Å². The minimum absolute atomic E-state index is 0.117. The maximum Gasteiger partial charge on any atom is 0.407 e. The van der Waals surface area contributed by atoms with Gasteiger partial charge in [0.05, 0.1) is 0 Å². The van der Waals surface area contributed by atoms with Crippen molar-refractivity contribution in [2.24, 2.45) is 0 Å². The molecule has 0 fully saturated rings. The summed E-state index contributed by atoms with van der Waals surface area (Å²) in [6, 6.07) is 11.4. The van der Waals surface area contributed by atoms with Crippen LogP contribution >= 0.6 is 0 Å². The number of ketones is 1. The zero-order valence-corrected chi connectivity index (χ0v) is 16.7. The zero-order chi connectivity index (χ0) is 21.4. The van der Waals surface area contributed by atoms with Gasteiger partial charge in [-0.15, -0.1) is 0 Å². The first-order chi connectivity index (χ1) is 13.6. The molecule has 0 atom stereocenters. The van der Waals surface area contributed by atoms with Crippen molar-refractivity contribution in [3.05, 3.63) is 65.5 Å². The van der Waals surface area contributed by atoms with Gasteiger partial charge >= 0.3 is 12.1 Å². The van der Waals surface area contributed by atoms with Crippen LogP contribution in [0.1, 0.15) is 49.5 Å². The number of halogens is 1. The smallest absolute Gasteiger partial charge is 0.407 e. The molecular formula is C22H24FNO5. The van der Waals surface area contributed by atoms with E-state index in [1.807, 2.05) is 0 Å². The van der Waals surface area contributed by atoms with Crippen LogP contribution in [-0.4, -0.2) is 30.0 Å². The van der Waals surface area contributed by atoms with Gasteiger partial charge in [-0.25, -0.2) is 9.18 Å². The Morgan fingerprint density at radius 1 is 0.931 bits per heavy atom. The van der Waals surface area contributed by atoms with Gasteiger partial charge in [0.15, 0.2) is 5.78 Å². The molecule has 6 nitrogen and oxygen atoms in total. The van der Waals surface area contributed by atoms with E-state index < -0.39 is 23.5 Å². The maximum atomic E-state index is 13.0. The Morgan fingerprint density at radius 3 is 2.03 bits per heavy atom. The van der Waals surface area contributed by atoms with Gasteiger partial charge in [-0.1, -0.05) is 0 Å². The number of carbonyl (C=O) groups is 3. The van der Waals surface area contributed by atoms with E-state index in [1.165, 1.54) is 36.4 Å². The fourth-order valence-electron chi connectivity index (χ4n) is 2.36. The van der Waals surface area contributed by atoms with Gasteiger partial charge in [-0.3, -0.25) is 9.59 Å². The molecule has 29 heavy (non-hydrogen) atoms. The topological polar surface area (TPSA) is 81.7 Å². The second-order valence-corrected chi connectivity index (χ2v) is 7.37. The average Bonchev–Trinajstić information content (AvgIpc) is 2.64. The maximum absolute atomic E-state index is 13.0. The summed E-state index contributed by atoms with van der Waals surface area (Å²) in [4.78, 5) is 35.7. The first kappa shape index (κ1) is 22.1. The van der Waals surface area contributed by atoms with Crippen LogP contribution in [0.15, 0.2) is 48.5 Å². The van der Waals surface area contributed by atoms with Crippen LogP contribution in [0.2, 0.25) is 0 Å². The van der Waals surface area contributed by atoms with Crippen molar-refractivity contribution >= 4 is 17.8 Å². The Kier molecular flexibility index (Phi) is 7.47. The monoisotopic (exact) mass is 401 g/mol. The molecule has 0 unspecified atom stereocenters. The lowest BCUT2D eigenvalue weighted by molar-refractivity contribution is -0.134. The molecule has 0 aliphatic heterocycles. The van der Waals surface area contributed by atoms with Crippen molar-refractivity contribution in [2.75, 3.05) is 6.54 Å². The largest absolute Gasteiger partial charge is 0.444 e. The number of benzene rings is 2. The van der Waals surface area contributed by atoms with Gasteiger partial charge in [0.25, 0.3) is 0 Å². The van der Waals surface area contributed by atoms with E-state index in [9.17, 15) is 18.8 Å². The highest BCUT2D eigenvalue weighted by Crippen LogP contribution is 2.16. The third kappa shape index (κ3) is 7.73. The van der Waals surface area contributed by atoms with Crippen LogP contribution < -0.4 is 10.1 Å². The molecule has 2 aromatic rings. The molecule has 154 valence electrons. The van der Waals surface area contributed by atoms with E-state index >= 15 is 0 Å². The van der Waals surface area contributed by atoms with E-state index in [0.29, 0.717) is 23.3 Å². The van der Waals surface area contributed by atoms with Gasteiger partial charge in [0.2, 0.25) is 0 Å². The number of amides is 1. The highest BCUT2D eigenvalue weighted by Gasteiger charge is 2.16. The standard InChI is InChI=1S/C22H24FNO5/c1-22(2,3)29-21(27)24-14-4-5-19(25)28-18-12-8-16(9-13-18)20(26)15-6-10-17(23)11-7-15/h6-13H,4-5,14H2,1-3H3,(H,24,27). The number of esters is 1. The fourth-order valence-corrected chi connectivity index (χ4v) is 2.36. The summed E-state index contributed by atoms with van der Waals surface area (Å²) in [5, 5.41) is 2.57. The van der Waals surface area contributed by atoms with Crippen molar-refractivity contribution < 1.29 is 28.2 Å². The molecule has 7 heteroatoms. The molecule has 0 aliphatic carbocycles. The molecule has 0 bridgehead atoms. The average molecular weight is 401 g/mol. The third-order valence-electron chi connectivity index (χ3n) is 3.68. The number of hydrogen-bond donors (Lipinski definition) is 1. The van der Waals surface area contributed by atoms with Gasteiger partial charge in [-0.2, -0.15) is 0 Å². The van der Waals surface area contributed by atoms with Crippen LogP contribution in [0.5, 0.6) is 5.75 Å². The molecule has 2 aromatic carbocycles. The molecule has 0 saturated carbocycles. The van der Waals surface area contributed by atoms with Crippen molar-refractivity contribution in [3.8, 4) is 5.75 Å². The Labute approximate surface area is 169 Å². The number of alkyl carbamates (subject to hydrolysis) is 1. The summed E-state index contributed by atoms with van der Waals surface area (Å²) in [6.07, 6.45) is -0.0158. The normalized spacial score (nSPS) is 10.9. The number of nitrogens with one attached hydrogen (secondary N) is 1. The van der Waals surface area contributed by atoms with Crippen molar-refractivity contribution in [3.63, 3.8) is 0 Å². The summed E-state index contributed by atoms with van der Waals surface area (Å²) in [5.74, 6) is -0.805. The third-order valence-corrected chi connectivity index (χ3v) is 3.68. The highest BCUT2D eigenvalue weighted by molar-refractivity contribution is 6.09. The summed E-state index contributed by atoms with van der Waals surface area (Å²) < 4.78 is 23.3. The van der Waals surface area contributed by atoms with Crippen LogP contribution in [0, 0.1) is 5.82 Å². The quantitative estimate of drug-likeness (QED) is 0.324. The first-order valence-electron chi connectivity index (χ1n) is 9.22. The summed E-state index contributed by atoms with van der Waals surface area (Å²) in [7, 11) is 0. The molecule has 0 heterocycles. The SMILES string of the molecule is CC(C)(C)OC(=O)NCCCC(=O)Oc1ccc(C(=O)c2ccc(F)cc2)cc1. The molecule has 2 rings (SSSR count). The van der Waals surface area contributed by atoms with Gasteiger partial charge in [-0.05, 0) is 75.7 Å². The van der Waals surface area contributed by atoms with E-state index in [2.05, 4.69) is 5.32 Å². The Bertz CT molecular complexity index is 854. The highest BCUT2D eigenvalue weighted by atomic mass is 19.1.